The van der Waals surface area contributed by atoms with Gasteiger partial charge in [-0.15, -0.1) is 0 Å². The maximum absolute atomic E-state index is 13.2. The fourth-order valence-corrected chi connectivity index (χ4v) is 3.36. The number of hydrogen-bond acceptors (Lipinski definition) is 1. The molecule has 1 unspecified atom stereocenters. The van der Waals surface area contributed by atoms with Crippen LogP contribution in [0.25, 0.3) is 0 Å². The first-order chi connectivity index (χ1) is 8.72. The van der Waals surface area contributed by atoms with Crippen LogP contribution in [0.3, 0.4) is 0 Å². The highest BCUT2D eigenvalue weighted by Gasteiger charge is 2.41. The molecule has 1 saturated carbocycles. The van der Waals surface area contributed by atoms with E-state index in [-0.39, 0.29) is 5.82 Å². The van der Waals surface area contributed by atoms with Crippen molar-refractivity contribution in [3.8, 4) is 0 Å². The van der Waals surface area contributed by atoms with Gasteiger partial charge in [-0.3, -0.25) is 0 Å². The van der Waals surface area contributed by atoms with Crippen molar-refractivity contribution in [1.29, 1.82) is 0 Å². The van der Waals surface area contributed by atoms with E-state index in [1.54, 1.807) is 12.1 Å². The van der Waals surface area contributed by atoms with Gasteiger partial charge < -0.3 is 5.32 Å². The summed E-state index contributed by atoms with van der Waals surface area (Å²) in [7, 11) is 0. The van der Waals surface area contributed by atoms with Crippen LogP contribution in [0.1, 0.15) is 56.2 Å². The topological polar surface area (TPSA) is 12.0 Å². The summed E-state index contributed by atoms with van der Waals surface area (Å²) < 4.78 is 13.2. The summed E-state index contributed by atoms with van der Waals surface area (Å²) in [6.45, 7) is 3.41. The van der Waals surface area contributed by atoms with Crippen molar-refractivity contribution in [1.82, 2.24) is 5.32 Å². The monoisotopic (exact) mass is 247 g/mol. The number of halogens is 1. The fourth-order valence-electron chi connectivity index (χ4n) is 3.36. The van der Waals surface area contributed by atoms with Gasteiger partial charge in [0.2, 0.25) is 0 Å². The highest BCUT2D eigenvalue weighted by Crippen LogP contribution is 2.49. The Kier molecular flexibility index (Phi) is 3.14. The molecule has 1 aromatic rings. The lowest BCUT2D eigenvalue weighted by Crippen LogP contribution is -2.27. The Morgan fingerprint density at radius 1 is 1.39 bits per heavy atom. The Labute approximate surface area is 109 Å². The average Bonchev–Trinajstić information content (AvgIpc) is 3.00. The molecule has 3 rings (SSSR count). The van der Waals surface area contributed by atoms with Crippen LogP contribution in [0.5, 0.6) is 0 Å². The minimum absolute atomic E-state index is 0.0981. The first-order valence-corrected chi connectivity index (χ1v) is 7.24. The Balaban J connectivity index is 1.63. The molecule has 0 aliphatic heterocycles. The number of aryl methyl sites for hydroxylation is 1. The fraction of sp³-hybridized carbons (Fsp3) is 0.625. The Bertz CT molecular complexity index is 437. The molecule has 0 saturated heterocycles. The highest BCUT2D eigenvalue weighted by molar-refractivity contribution is 5.35. The maximum atomic E-state index is 13.2. The molecule has 18 heavy (non-hydrogen) atoms. The van der Waals surface area contributed by atoms with Gasteiger partial charge in [0, 0.05) is 12.6 Å². The second-order valence-corrected chi connectivity index (χ2v) is 6.07. The number of benzene rings is 1. The average molecular weight is 247 g/mol. The third kappa shape index (κ3) is 2.31. The molecule has 2 aliphatic rings. The molecule has 1 N–H and O–H groups in total. The standard InChI is InChI=1S/C16H22FN/c1-2-7-16(8-9-16)11-18-15-6-3-12-10-13(17)4-5-14(12)15/h4-5,10,15,18H,2-3,6-9,11H2,1H3. The van der Waals surface area contributed by atoms with Gasteiger partial charge in [0.1, 0.15) is 5.82 Å². The summed E-state index contributed by atoms with van der Waals surface area (Å²) in [6.07, 6.45) is 7.55. The van der Waals surface area contributed by atoms with Crippen molar-refractivity contribution >= 4 is 0 Å². The normalized spacial score (nSPS) is 24.0. The zero-order chi connectivity index (χ0) is 12.6. The summed E-state index contributed by atoms with van der Waals surface area (Å²) in [5.41, 5.74) is 3.12. The quantitative estimate of drug-likeness (QED) is 0.829. The smallest absolute Gasteiger partial charge is 0.123 e. The van der Waals surface area contributed by atoms with Crippen molar-refractivity contribution in [2.24, 2.45) is 5.41 Å². The van der Waals surface area contributed by atoms with E-state index in [2.05, 4.69) is 12.2 Å². The predicted octanol–water partition coefficient (Wildman–Crippen LogP) is 3.98. The van der Waals surface area contributed by atoms with Crippen LogP contribution in [0.4, 0.5) is 4.39 Å². The lowest BCUT2D eigenvalue weighted by atomic mass is 9.99. The Hall–Kier alpha value is -0.890. The number of rotatable bonds is 5. The molecule has 0 heterocycles. The van der Waals surface area contributed by atoms with Gasteiger partial charge in [0.25, 0.3) is 0 Å². The number of nitrogens with one attached hydrogen (secondary N) is 1. The molecule has 1 atom stereocenters. The highest BCUT2D eigenvalue weighted by atomic mass is 19.1. The van der Waals surface area contributed by atoms with Crippen molar-refractivity contribution < 1.29 is 4.39 Å². The van der Waals surface area contributed by atoms with Gasteiger partial charge >= 0.3 is 0 Å². The molecule has 98 valence electrons. The first kappa shape index (κ1) is 12.2. The molecule has 0 bridgehead atoms. The largest absolute Gasteiger partial charge is 0.309 e. The molecular formula is C16H22FN. The molecule has 0 amide bonds. The van der Waals surface area contributed by atoms with Crippen molar-refractivity contribution in [2.75, 3.05) is 6.54 Å². The van der Waals surface area contributed by atoms with Crippen LogP contribution in [0, 0.1) is 11.2 Å². The van der Waals surface area contributed by atoms with Gasteiger partial charge in [0.05, 0.1) is 0 Å². The molecule has 1 nitrogen and oxygen atoms in total. The third-order valence-electron chi connectivity index (χ3n) is 4.64. The van der Waals surface area contributed by atoms with Crippen LogP contribution in [0.2, 0.25) is 0 Å². The van der Waals surface area contributed by atoms with Gasteiger partial charge in [-0.05, 0) is 60.8 Å². The molecule has 0 spiro atoms. The molecular weight excluding hydrogens is 225 g/mol. The number of fused-ring (bicyclic) bond motifs is 1. The molecule has 0 radical (unpaired) electrons. The van der Waals surface area contributed by atoms with E-state index in [1.807, 2.05) is 6.07 Å². The first-order valence-electron chi connectivity index (χ1n) is 7.24. The lowest BCUT2D eigenvalue weighted by Gasteiger charge is -2.20. The lowest BCUT2D eigenvalue weighted by molar-refractivity contribution is 0.387. The van der Waals surface area contributed by atoms with E-state index in [0.29, 0.717) is 11.5 Å². The van der Waals surface area contributed by atoms with Gasteiger partial charge in [0.15, 0.2) is 0 Å². The van der Waals surface area contributed by atoms with Crippen LogP contribution < -0.4 is 5.32 Å². The molecule has 1 fully saturated rings. The summed E-state index contributed by atoms with van der Waals surface area (Å²) >= 11 is 0. The second-order valence-electron chi connectivity index (χ2n) is 6.07. The number of hydrogen-bond donors (Lipinski definition) is 1. The van der Waals surface area contributed by atoms with Crippen LogP contribution in [-0.4, -0.2) is 6.54 Å². The van der Waals surface area contributed by atoms with Gasteiger partial charge in [-0.25, -0.2) is 4.39 Å². The van der Waals surface area contributed by atoms with Gasteiger partial charge in [-0.1, -0.05) is 19.4 Å². The third-order valence-corrected chi connectivity index (χ3v) is 4.64. The van der Waals surface area contributed by atoms with Crippen molar-refractivity contribution in [3.05, 3.63) is 35.1 Å². The van der Waals surface area contributed by atoms with Crippen molar-refractivity contribution in [3.63, 3.8) is 0 Å². The summed E-state index contributed by atoms with van der Waals surface area (Å²) in [6, 6.07) is 5.72. The van der Waals surface area contributed by atoms with E-state index >= 15 is 0 Å². The van der Waals surface area contributed by atoms with E-state index < -0.39 is 0 Å². The van der Waals surface area contributed by atoms with Crippen LogP contribution in [0.15, 0.2) is 18.2 Å². The van der Waals surface area contributed by atoms with E-state index in [4.69, 9.17) is 0 Å². The Morgan fingerprint density at radius 3 is 2.94 bits per heavy atom. The zero-order valence-electron chi connectivity index (χ0n) is 11.1. The van der Waals surface area contributed by atoms with E-state index in [9.17, 15) is 4.39 Å². The maximum Gasteiger partial charge on any atom is 0.123 e. The molecule has 1 aromatic carbocycles. The zero-order valence-corrected chi connectivity index (χ0v) is 11.1. The summed E-state index contributed by atoms with van der Waals surface area (Å²) in [5.74, 6) is -0.0981. The van der Waals surface area contributed by atoms with Crippen LogP contribution in [-0.2, 0) is 6.42 Å². The molecule has 0 aromatic heterocycles. The molecule has 2 aliphatic carbocycles. The predicted molar refractivity (Wildman–Crippen MR) is 72.0 cm³/mol. The van der Waals surface area contributed by atoms with Crippen LogP contribution >= 0.6 is 0 Å². The van der Waals surface area contributed by atoms with E-state index in [1.165, 1.54) is 36.8 Å². The van der Waals surface area contributed by atoms with E-state index in [0.717, 1.165) is 19.4 Å². The van der Waals surface area contributed by atoms with Crippen molar-refractivity contribution in [2.45, 2.75) is 51.5 Å². The summed E-state index contributed by atoms with van der Waals surface area (Å²) in [4.78, 5) is 0. The Morgan fingerprint density at radius 2 is 2.22 bits per heavy atom. The minimum atomic E-state index is -0.0981. The minimum Gasteiger partial charge on any atom is -0.309 e. The SMILES string of the molecule is CCCC1(CNC2CCc3cc(F)ccc32)CC1. The summed E-state index contributed by atoms with van der Waals surface area (Å²) in [5, 5.41) is 3.72. The second kappa shape index (κ2) is 4.65. The molecule has 2 heteroatoms. The van der Waals surface area contributed by atoms with Gasteiger partial charge in [-0.2, -0.15) is 0 Å².